The van der Waals surface area contributed by atoms with Gasteiger partial charge >= 0.3 is 0 Å². The van der Waals surface area contributed by atoms with Crippen LogP contribution in [0.4, 0.5) is 4.39 Å². The van der Waals surface area contributed by atoms with Crippen molar-refractivity contribution in [2.75, 3.05) is 0 Å². The van der Waals surface area contributed by atoms with Gasteiger partial charge in [0.25, 0.3) is 5.91 Å². The van der Waals surface area contributed by atoms with E-state index in [1.165, 1.54) is 18.2 Å². The van der Waals surface area contributed by atoms with E-state index < -0.39 is 5.82 Å². The molecule has 1 aromatic carbocycles. The van der Waals surface area contributed by atoms with Crippen LogP contribution in [0.3, 0.4) is 0 Å². The van der Waals surface area contributed by atoms with E-state index in [0.29, 0.717) is 11.3 Å². The molecule has 20 heavy (non-hydrogen) atoms. The average Bonchev–Trinajstić information content (AvgIpc) is 2.72. The molecule has 0 aliphatic rings. The van der Waals surface area contributed by atoms with Gasteiger partial charge in [-0.1, -0.05) is 5.16 Å². The molecular weight excluding hydrogens is 279 g/mol. The maximum absolute atomic E-state index is 13.1. The number of aromatic nitrogens is 1. The van der Waals surface area contributed by atoms with Crippen LogP contribution >= 0.6 is 12.6 Å². The lowest BCUT2D eigenvalue weighted by atomic mass is 10.1. The Morgan fingerprint density at radius 3 is 2.70 bits per heavy atom. The van der Waals surface area contributed by atoms with Gasteiger partial charge in [0.05, 0.1) is 11.7 Å². The fourth-order valence-electron chi connectivity index (χ4n) is 2.11. The largest absolute Gasteiger partial charge is 0.361 e. The fraction of sp³-hybridized carbons (Fsp3) is 0.286. The highest BCUT2D eigenvalue weighted by molar-refractivity contribution is 7.80. The Labute approximate surface area is 121 Å². The molecule has 1 aromatic heterocycles. The third kappa shape index (κ3) is 2.85. The molecule has 1 unspecified atom stereocenters. The lowest BCUT2D eigenvalue weighted by Gasteiger charge is -2.14. The van der Waals surface area contributed by atoms with Crippen LogP contribution in [-0.4, -0.2) is 11.1 Å². The second-order valence-corrected chi connectivity index (χ2v) is 5.08. The van der Waals surface area contributed by atoms with Crippen molar-refractivity contribution >= 4 is 18.5 Å². The molecule has 106 valence electrons. The van der Waals surface area contributed by atoms with Gasteiger partial charge in [0, 0.05) is 16.0 Å². The number of rotatable bonds is 3. The highest BCUT2D eigenvalue weighted by Crippen LogP contribution is 2.21. The number of thiol groups is 1. The molecular formula is C14H15FN2O2S. The average molecular weight is 294 g/mol. The quantitative estimate of drug-likeness (QED) is 0.855. The van der Waals surface area contributed by atoms with Crippen LogP contribution in [0.25, 0.3) is 0 Å². The van der Waals surface area contributed by atoms with Gasteiger partial charge in [-0.2, -0.15) is 0 Å². The number of benzene rings is 1. The monoisotopic (exact) mass is 294 g/mol. The SMILES string of the molecule is Cc1noc(C)c1C(C)NC(=O)c1ccc(F)c(S)c1. The van der Waals surface area contributed by atoms with E-state index in [2.05, 4.69) is 23.1 Å². The van der Waals surface area contributed by atoms with Crippen LogP contribution in [0.5, 0.6) is 0 Å². The molecule has 0 radical (unpaired) electrons. The number of halogens is 1. The van der Waals surface area contributed by atoms with Crippen molar-refractivity contribution in [3.63, 3.8) is 0 Å². The summed E-state index contributed by atoms with van der Waals surface area (Å²) < 4.78 is 18.2. The van der Waals surface area contributed by atoms with E-state index in [1.807, 2.05) is 13.8 Å². The molecule has 0 saturated heterocycles. The molecule has 4 nitrogen and oxygen atoms in total. The predicted octanol–water partition coefficient (Wildman–Crippen LogP) is 3.21. The van der Waals surface area contributed by atoms with Crippen molar-refractivity contribution in [1.82, 2.24) is 10.5 Å². The maximum atomic E-state index is 13.1. The number of carbonyl (C=O) groups excluding carboxylic acids is 1. The molecule has 1 N–H and O–H groups in total. The van der Waals surface area contributed by atoms with E-state index in [-0.39, 0.29) is 16.8 Å². The molecule has 0 aliphatic heterocycles. The van der Waals surface area contributed by atoms with Crippen molar-refractivity contribution in [3.05, 3.63) is 46.6 Å². The Hall–Kier alpha value is -1.82. The summed E-state index contributed by atoms with van der Waals surface area (Å²) in [6.45, 7) is 5.45. The van der Waals surface area contributed by atoms with E-state index in [0.717, 1.165) is 11.3 Å². The van der Waals surface area contributed by atoms with Crippen molar-refractivity contribution in [2.24, 2.45) is 0 Å². The summed E-state index contributed by atoms with van der Waals surface area (Å²) in [6.07, 6.45) is 0. The molecule has 0 aliphatic carbocycles. The van der Waals surface area contributed by atoms with E-state index >= 15 is 0 Å². The van der Waals surface area contributed by atoms with Gasteiger partial charge in [0.1, 0.15) is 11.6 Å². The second kappa shape index (κ2) is 5.66. The van der Waals surface area contributed by atoms with E-state index in [9.17, 15) is 9.18 Å². The van der Waals surface area contributed by atoms with Crippen molar-refractivity contribution < 1.29 is 13.7 Å². The van der Waals surface area contributed by atoms with E-state index in [1.54, 1.807) is 6.92 Å². The van der Waals surface area contributed by atoms with Gasteiger partial charge in [-0.3, -0.25) is 4.79 Å². The molecule has 0 bridgehead atoms. The first-order valence-corrected chi connectivity index (χ1v) is 6.57. The first-order valence-electron chi connectivity index (χ1n) is 6.12. The van der Waals surface area contributed by atoms with Crippen LogP contribution in [0, 0.1) is 19.7 Å². The molecule has 0 saturated carbocycles. The molecule has 0 fully saturated rings. The first-order chi connectivity index (χ1) is 9.40. The van der Waals surface area contributed by atoms with Crippen LogP contribution in [0.2, 0.25) is 0 Å². The number of carbonyl (C=O) groups is 1. The van der Waals surface area contributed by atoms with Crippen molar-refractivity contribution in [2.45, 2.75) is 31.7 Å². The van der Waals surface area contributed by atoms with Gasteiger partial charge in [0.15, 0.2) is 0 Å². The Balaban J connectivity index is 2.17. The third-order valence-corrected chi connectivity index (χ3v) is 3.42. The van der Waals surface area contributed by atoms with Crippen LogP contribution < -0.4 is 5.32 Å². The van der Waals surface area contributed by atoms with Gasteiger partial charge in [-0.25, -0.2) is 4.39 Å². The number of nitrogens with one attached hydrogen (secondary N) is 1. The Morgan fingerprint density at radius 2 is 2.15 bits per heavy atom. The maximum Gasteiger partial charge on any atom is 0.251 e. The zero-order valence-electron chi connectivity index (χ0n) is 11.4. The minimum atomic E-state index is -0.455. The van der Waals surface area contributed by atoms with Gasteiger partial charge < -0.3 is 9.84 Å². The van der Waals surface area contributed by atoms with Crippen LogP contribution in [-0.2, 0) is 0 Å². The normalized spacial score (nSPS) is 12.2. The molecule has 1 amide bonds. The van der Waals surface area contributed by atoms with Crippen LogP contribution in [0.1, 0.15) is 40.3 Å². The number of amides is 1. The van der Waals surface area contributed by atoms with Crippen molar-refractivity contribution in [3.8, 4) is 0 Å². The lowest BCUT2D eigenvalue weighted by Crippen LogP contribution is -2.27. The zero-order chi connectivity index (χ0) is 14.9. The second-order valence-electron chi connectivity index (χ2n) is 4.60. The molecule has 1 atom stereocenters. The summed E-state index contributed by atoms with van der Waals surface area (Å²) in [4.78, 5) is 12.3. The van der Waals surface area contributed by atoms with Crippen LogP contribution in [0.15, 0.2) is 27.6 Å². The summed E-state index contributed by atoms with van der Waals surface area (Å²) in [5, 5.41) is 6.69. The Bertz CT molecular complexity index is 635. The molecule has 2 rings (SSSR count). The molecule has 6 heteroatoms. The zero-order valence-corrected chi connectivity index (χ0v) is 12.3. The minimum absolute atomic E-state index is 0.141. The smallest absolute Gasteiger partial charge is 0.251 e. The summed E-state index contributed by atoms with van der Waals surface area (Å²) in [5.74, 6) is -0.0826. The molecule has 1 heterocycles. The first kappa shape index (κ1) is 14.6. The third-order valence-electron chi connectivity index (χ3n) is 3.08. The summed E-state index contributed by atoms with van der Waals surface area (Å²) in [6, 6.07) is 3.79. The number of nitrogens with zero attached hydrogens (tertiary/aromatic N) is 1. The lowest BCUT2D eigenvalue weighted by molar-refractivity contribution is 0.0939. The summed E-state index contributed by atoms with van der Waals surface area (Å²) in [7, 11) is 0. The molecule has 0 spiro atoms. The fourth-order valence-corrected chi connectivity index (χ4v) is 2.33. The highest BCUT2D eigenvalue weighted by Gasteiger charge is 2.19. The highest BCUT2D eigenvalue weighted by atomic mass is 32.1. The summed E-state index contributed by atoms with van der Waals surface area (Å²) >= 11 is 3.97. The van der Waals surface area contributed by atoms with Crippen molar-refractivity contribution in [1.29, 1.82) is 0 Å². The Morgan fingerprint density at radius 1 is 1.45 bits per heavy atom. The topological polar surface area (TPSA) is 55.1 Å². The predicted molar refractivity (Wildman–Crippen MR) is 75.5 cm³/mol. The Kier molecular flexibility index (Phi) is 4.13. The number of hydrogen-bond acceptors (Lipinski definition) is 4. The van der Waals surface area contributed by atoms with Gasteiger partial charge in [-0.05, 0) is 39.0 Å². The van der Waals surface area contributed by atoms with E-state index in [4.69, 9.17) is 4.52 Å². The molecule has 2 aromatic rings. The number of aryl methyl sites for hydroxylation is 2. The van der Waals surface area contributed by atoms with Gasteiger partial charge in [-0.15, -0.1) is 12.6 Å². The van der Waals surface area contributed by atoms with Gasteiger partial charge in [0.2, 0.25) is 0 Å². The number of hydrogen-bond donors (Lipinski definition) is 2. The summed E-state index contributed by atoms with van der Waals surface area (Å²) in [5.41, 5.74) is 1.95. The minimum Gasteiger partial charge on any atom is -0.361 e. The standard InChI is InChI=1S/C14H15FN2O2S/c1-7(13-8(2)17-19-9(13)3)16-14(18)10-4-5-11(15)12(20)6-10/h4-7,20H,1-3H3,(H,16,18).